The van der Waals surface area contributed by atoms with Crippen LogP contribution in [0.5, 0.6) is 0 Å². The average molecular weight is 1060 g/mol. The van der Waals surface area contributed by atoms with Crippen LogP contribution in [0.1, 0.15) is 290 Å². The lowest BCUT2D eigenvalue weighted by atomic mass is 10.0. The molecule has 0 aromatic carbocycles. The highest BCUT2D eigenvalue weighted by Crippen LogP contribution is 2.17. The van der Waals surface area contributed by atoms with Gasteiger partial charge in [-0.1, -0.05) is 295 Å². The minimum Gasteiger partial charge on any atom is -0.481 e. The number of aliphatic carboxylic acids is 1. The van der Waals surface area contributed by atoms with Crippen LogP contribution in [-0.4, -0.2) is 30.6 Å². The van der Waals surface area contributed by atoms with Gasteiger partial charge in [0.1, 0.15) is 0 Å². The van der Waals surface area contributed by atoms with E-state index < -0.39 is 5.97 Å². The molecule has 438 valence electrons. The molecule has 1 unspecified atom stereocenters. The lowest BCUT2D eigenvalue weighted by Crippen LogP contribution is -2.22. The van der Waals surface area contributed by atoms with E-state index in [9.17, 15) is 4.79 Å². The molecule has 0 amide bonds. The average Bonchev–Trinajstić information content (AvgIpc) is 3.44. The number of rotatable bonds is 54. The second-order valence-corrected chi connectivity index (χ2v) is 21.1. The number of hydrogen-bond acceptors (Lipinski definition) is 3. The van der Waals surface area contributed by atoms with Crippen LogP contribution in [0.2, 0.25) is 0 Å². The summed E-state index contributed by atoms with van der Waals surface area (Å²) in [6, 6.07) is 0. The fraction of sp³-hybridized carbons (Fsp3) is 0.658. The van der Waals surface area contributed by atoms with E-state index in [2.05, 4.69) is 160 Å². The van der Waals surface area contributed by atoms with Gasteiger partial charge in [-0.25, -0.2) is 0 Å². The SMILES string of the molecule is CC/C=C\C/C=C\C/C=C\C/C=C\C/C=C\C/C=C\CCCCCCCCCCCCCCC(=O)O.CC/C=C\C/C=C\C/C=C\C/C=C\C/C=C\C/C=C\CCCCCCCCCCCCCCCOC1CCCCO1. The summed E-state index contributed by atoms with van der Waals surface area (Å²) in [5, 5.41) is 8.61. The third-order valence-corrected chi connectivity index (χ3v) is 13.7. The summed E-state index contributed by atoms with van der Waals surface area (Å²) in [6.07, 6.45) is 107. The zero-order valence-corrected chi connectivity index (χ0v) is 50.4. The summed E-state index contributed by atoms with van der Waals surface area (Å²) < 4.78 is 11.4. The van der Waals surface area contributed by atoms with Gasteiger partial charge in [-0.2, -0.15) is 0 Å². The van der Waals surface area contributed by atoms with Gasteiger partial charge in [-0.15, -0.1) is 0 Å². The second kappa shape index (κ2) is 68.4. The highest BCUT2D eigenvalue weighted by atomic mass is 16.7. The smallest absolute Gasteiger partial charge is 0.303 e. The van der Waals surface area contributed by atoms with Crippen LogP contribution in [-0.2, 0) is 14.3 Å². The molecule has 77 heavy (non-hydrogen) atoms. The van der Waals surface area contributed by atoms with E-state index in [0.29, 0.717) is 6.42 Å². The Bertz CT molecular complexity index is 1560. The standard InChI is InChI=1S/C39H66O2.C34H56O2/c1-2-3-4-5-6-7-8-9-10-11-12-13-14-15-16-17-18-19-20-21-22-23-24-25-26-27-28-29-30-31-32-34-37-40-39-36-33-35-38-41-39;1-2-3-4-5-6-7-8-9-10-11-12-13-14-15-16-17-18-19-20-21-22-23-24-25-26-27-28-29-30-31-32-33-34(35)36/h3-4,6-7,9-10,12-13,15-16,18-19,39H,2,5,8,11,14,17,20-38H2,1H3;3-4,6-7,9-10,12-13,15-16,18-19H,2,5,8,11,14,17,20-33H2,1H3,(H,35,36)/b2*4-3-,7-6-,10-9-,13-12-,16-15-,19-18-. The Hall–Kier alpha value is -3.73. The Labute approximate surface area is 478 Å². The Morgan fingerprint density at radius 2 is 0.610 bits per heavy atom. The molecule has 0 aromatic rings. The van der Waals surface area contributed by atoms with Gasteiger partial charge in [0.15, 0.2) is 6.29 Å². The molecule has 0 bridgehead atoms. The molecular formula is C73H122O4. The van der Waals surface area contributed by atoms with Crippen molar-refractivity contribution in [3.63, 3.8) is 0 Å². The number of hydrogen-bond donors (Lipinski definition) is 1. The van der Waals surface area contributed by atoms with Gasteiger partial charge in [-0.3, -0.25) is 4.79 Å². The lowest BCUT2D eigenvalue weighted by Gasteiger charge is -2.22. The molecular weight excluding hydrogens is 941 g/mol. The third-order valence-electron chi connectivity index (χ3n) is 13.7. The Kier molecular flexibility index (Phi) is 65.1. The van der Waals surface area contributed by atoms with E-state index in [1.165, 1.54) is 173 Å². The zero-order chi connectivity index (χ0) is 55.4. The lowest BCUT2D eigenvalue weighted by molar-refractivity contribution is -0.162. The Morgan fingerprint density at radius 1 is 0.351 bits per heavy atom. The molecule has 1 fully saturated rings. The number of allylic oxidation sites excluding steroid dienone is 24. The van der Waals surface area contributed by atoms with Crippen molar-refractivity contribution in [2.75, 3.05) is 13.2 Å². The van der Waals surface area contributed by atoms with Gasteiger partial charge in [0.2, 0.25) is 0 Å². The maximum Gasteiger partial charge on any atom is 0.303 e. The quantitative estimate of drug-likeness (QED) is 0.0487. The molecule has 4 heteroatoms. The topological polar surface area (TPSA) is 55.8 Å². The summed E-state index contributed by atoms with van der Waals surface area (Å²) >= 11 is 0. The van der Waals surface area contributed by atoms with Crippen LogP contribution >= 0.6 is 0 Å². The van der Waals surface area contributed by atoms with Crippen LogP contribution in [0.3, 0.4) is 0 Å². The van der Waals surface area contributed by atoms with Gasteiger partial charge in [-0.05, 0) is 135 Å². The van der Waals surface area contributed by atoms with E-state index >= 15 is 0 Å². The first-order valence-corrected chi connectivity index (χ1v) is 32.5. The number of unbranched alkanes of at least 4 members (excludes halogenated alkanes) is 25. The number of carboxylic acids is 1. The van der Waals surface area contributed by atoms with Gasteiger partial charge >= 0.3 is 5.97 Å². The van der Waals surface area contributed by atoms with Gasteiger partial charge in [0, 0.05) is 19.6 Å². The molecule has 1 heterocycles. The number of ether oxygens (including phenoxy) is 2. The Morgan fingerprint density at radius 3 is 0.883 bits per heavy atom. The van der Waals surface area contributed by atoms with E-state index in [-0.39, 0.29) is 6.29 Å². The van der Waals surface area contributed by atoms with Gasteiger partial charge in [0.05, 0.1) is 0 Å². The first-order chi connectivity index (χ1) is 38.2. The summed E-state index contributed by atoms with van der Waals surface area (Å²) in [5.74, 6) is -0.660. The molecule has 0 aromatic heterocycles. The molecule has 1 aliphatic rings. The fourth-order valence-electron chi connectivity index (χ4n) is 8.95. The molecule has 4 nitrogen and oxygen atoms in total. The van der Waals surface area contributed by atoms with Gasteiger partial charge < -0.3 is 14.6 Å². The van der Waals surface area contributed by atoms with Crippen molar-refractivity contribution in [2.45, 2.75) is 296 Å². The molecule has 1 rings (SSSR count). The molecule has 1 atom stereocenters. The molecule has 0 saturated carbocycles. The molecule has 1 N–H and O–H groups in total. The van der Waals surface area contributed by atoms with E-state index in [1.807, 2.05) is 0 Å². The molecule has 1 saturated heterocycles. The van der Waals surface area contributed by atoms with Crippen molar-refractivity contribution in [3.05, 3.63) is 146 Å². The van der Waals surface area contributed by atoms with Crippen molar-refractivity contribution in [3.8, 4) is 0 Å². The minimum absolute atomic E-state index is 0.0892. The number of carboxylic acid groups (broad SMARTS) is 1. The van der Waals surface area contributed by atoms with Crippen LogP contribution in [0.15, 0.2) is 146 Å². The predicted molar refractivity (Wildman–Crippen MR) is 343 cm³/mol. The van der Waals surface area contributed by atoms with Crippen LogP contribution in [0.4, 0.5) is 0 Å². The first-order valence-electron chi connectivity index (χ1n) is 32.5. The van der Waals surface area contributed by atoms with Crippen molar-refractivity contribution in [1.29, 1.82) is 0 Å². The molecule has 0 radical (unpaired) electrons. The highest BCUT2D eigenvalue weighted by molar-refractivity contribution is 5.66. The normalized spacial score (nSPS) is 14.9. The van der Waals surface area contributed by atoms with Crippen LogP contribution in [0, 0.1) is 0 Å². The second-order valence-electron chi connectivity index (χ2n) is 21.1. The molecule has 0 aliphatic carbocycles. The summed E-state index contributed by atoms with van der Waals surface area (Å²) in [4.78, 5) is 10.5. The first kappa shape index (κ1) is 73.3. The Balaban J connectivity index is 0.00000151. The highest BCUT2D eigenvalue weighted by Gasteiger charge is 2.13. The van der Waals surface area contributed by atoms with E-state index in [4.69, 9.17) is 14.6 Å². The monoisotopic (exact) mass is 1060 g/mol. The predicted octanol–water partition coefficient (Wildman–Crippen LogP) is 23.9. The van der Waals surface area contributed by atoms with Gasteiger partial charge in [0.25, 0.3) is 0 Å². The third kappa shape index (κ3) is 68.3. The van der Waals surface area contributed by atoms with Crippen molar-refractivity contribution in [2.24, 2.45) is 0 Å². The summed E-state index contributed by atoms with van der Waals surface area (Å²) in [5.41, 5.74) is 0. The van der Waals surface area contributed by atoms with Crippen LogP contribution in [0.25, 0.3) is 0 Å². The molecule has 1 aliphatic heterocycles. The van der Waals surface area contributed by atoms with Crippen molar-refractivity contribution in [1.82, 2.24) is 0 Å². The zero-order valence-electron chi connectivity index (χ0n) is 50.4. The molecule has 0 spiro atoms. The fourth-order valence-corrected chi connectivity index (χ4v) is 8.95. The van der Waals surface area contributed by atoms with Crippen molar-refractivity contribution < 1.29 is 19.4 Å². The summed E-state index contributed by atoms with van der Waals surface area (Å²) in [6.45, 7) is 6.10. The number of carbonyl (C=O) groups is 1. The van der Waals surface area contributed by atoms with Crippen molar-refractivity contribution >= 4 is 5.97 Å². The van der Waals surface area contributed by atoms with E-state index in [1.54, 1.807) is 0 Å². The van der Waals surface area contributed by atoms with E-state index in [0.717, 1.165) is 110 Å². The summed E-state index contributed by atoms with van der Waals surface area (Å²) in [7, 11) is 0. The maximum atomic E-state index is 10.5. The minimum atomic E-state index is -0.660. The van der Waals surface area contributed by atoms with Crippen LogP contribution < -0.4 is 0 Å². The maximum absolute atomic E-state index is 10.5. The largest absolute Gasteiger partial charge is 0.481 e.